The molecule has 2 rings (SSSR count). The second kappa shape index (κ2) is 5.45. The van der Waals surface area contributed by atoms with E-state index >= 15 is 0 Å². The van der Waals surface area contributed by atoms with Crippen molar-refractivity contribution in [2.45, 2.75) is 31.9 Å². The van der Waals surface area contributed by atoms with Crippen molar-refractivity contribution in [2.75, 3.05) is 19.7 Å². The quantitative estimate of drug-likeness (QED) is 0.709. The summed E-state index contributed by atoms with van der Waals surface area (Å²) in [6.45, 7) is 3.97. The lowest BCUT2D eigenvalue weighted by atomic mass is 9.92. The van der Waals surface area contributed by atoms with Gasteiger partial charge >= 0.3 is 5.97 Å². The molecule has 0 unspecified atom stereocenters. The summed E-state index contributed by atoms with van der Waals surface area (Å²) in [6, 6.07) is 0. The third kappa shape index (κ3) is 3.05. The van der Waals surface area contributed by atoms with Crippen LogP contribution in [0.15, 0.2) is 6.20 Å². The molecule has 1 fully saturated rings. The zero-order valence-corrected chi connectivity index (χ0v) is 10.4. The number of ether oxygens (including phenoxy) is 1. The molecule has 2 heterocycles. The molecule has 2 N–H and O–H groups in total. The van der Waals surface area contributed by atoms with Gasteiger partial charge in [-0.1, -0.05) is 5.21 Å². The van der Waals surface area contributed by atoms with Crippen LogP contribution in [0.4, 0.5) is 0 Å². The molecule has 0 saturated carbocycles. The van der Waals surface area contributed by atoms with Gasteiger partial charge in [-0.25, -0.2) is 9.48 Å². The summed E-state index contributed by atoms with van der Waals surface area (Å²) in [6.07, 6.45) is 2.85. The minimum atomic E-state index is -0.773. The molecule has 1 aliphatic rings. The van der Waals surface area contributed by atoms with E-state index in [0.29, 0.717) is 26.0 Å². The molecule has 1 saturated heterocycles. The highest BCUT2D eigenvalue weighted by molar-refractivity contribution is 5.86. The summed E-state index contributed by atoms with van der Waals surface area (Å²) >= 11 is 0. The Kier molecular flexibility index (Phi) is 3.93. The number of nitrogens with one attached hydrogen (secondary N) is 1. The molecule has 0 bridgehead atoms. The lowest BCUT2D eigenvalue weighted by Crippen LogP contribution is -2.44. The zero-order valence-electron chi connectivity index (χ0n) is 10.4. The highest BCUT2D eigenvalue weighted by Gasteiger charge is 2.30. The Morgan fingerprint density at radius 1 is 1.61 bits per heavy atom. The van der Waals surface area contributed by atoms with E-state index in [1.54, 1.807) is 6.92 Å². The zero-order chi connectivity index (χ0) is 13.0. The number of piperidine rings is 1. The van der Waals surface area contributed by atoms with Crippen LogP contribution in [-0.4, -0.2) is 51.4 Å². The van der Waals surface area contributed by atoms with E-state index < -0.39 is 11.6 Å². The fraction of sp³-hybridized carbons (Fsp3) is 0.727. The van der Waals surface area contributed by atoms with Gasteiger partial charge in [-0.2, -0.15) is 0 Å². The number of esters is 1. The molecule has 18 heavy (non-hydrogen) atoms. The Morgan fingerprint density at radius 2 is 2.33 bits per heavy atom. The van der Waals surface area contributed by atoms with Crippen LogP contribution in [0.2, 0.25) is 0 Å². The standard InChI is InChI=1S/C11H18N4O3/c1-2-18-10(16)9-7-15(14-13-9)8-11(17)3-5-12-6-4-11/h7,12,17H,2-6,8H2,1H3. The number of aliphatic hydroxyl groups is 1. The van der Waals surface area contributed by atoms with Crippen molar-refractivity contribution in [3.8, 4) is 0 Å². The number of nitrogens with zero attached hydrogens (tertiary/aromatic N) is 3. The molecule has 0 aromatic carbocycles. The minimum absolute atomic E-state index is 0.175. The lowest BCUT2D eigenvalue weighted by Gasteiger charge is -2.32. The van der Waals surface area contributed by atoms with E-state index in [4.69, 9.17) is 4.74 Å². The van der Waals surface area contributed by atoms with Gasteiger partial charge in [0.15, 0.2) is 5.69 Å². The van der Waals surface area contributed by atoms with Crippen LogP contribution < -0.4 is 5.32 Å². The Labute approximate surface area is 105 Å². The lowest BCUT2D eigenvalue weighted by molar-refractivity contribution is -0.00868. The van der Waals surface area contributed by atoms with Crippen LogP contribution in [0.3, 0.4) is 0 Å². The van der Waals surface area contributed by atoms with E-state index in [9.17, 15) is 9.90 Å². The monoisotopic (exact) mass is 254 g/mol. The van der Waals surface area contributed by atoms with Gasteiger partial charge in [0.05, 0.1) is 24.9 Å². The van der Waals surface area contributed by atoms with E-state index in [1.807, 2.05) is 0 Å². The Hall–Kier alpha value is -1.47. The third-order valence-corrected chi connectivity index (χ3v) is 3.01. The van der Waals surface area contributed by atoms with Crippen molar-refractivity contribution in [1.82, 2.24) is 20.3 Å². The van der Waals surface area contributed by atoms with Gasteiger partial charge in [0, 0.05) is 0 Å². The molecule has 0 aliphatic carbocycles. The molecule has 0 spiro atoms. The highest BCUT2D eigenvalue weighted by Crippen LogP contribution is 2.19. The van der Waals surface area contributed by atoms with Crippen LogP contribution in [0, 0.1) is 0 Å². The van der Waals surface area contributed by atoms with Gasteiger partial charge in [0.2, 0.25) is 0 Å². The van der Waals surface area contributed by atoms with E-state index in [1.165, 1.54) is 10.9 Å². The number of hydrogen-bond acceptors (Lipinski definition) is 6. The summed E-state index contributed by atoms with van der Waals surface area (Å²) in [4.78, 5) is 11.4. The van der Waals surface area contributed by atoms with Crippen molar-refractivity contribution in [3.63, 3.8) is 0 Å². The summed E-state index contributed by atoms with van der Waals surface area (Å²) in [5, 5.41) is 21.1. The summed E-state index contributed by atoms with van der Waals surface area (Å²) < 4.78 is 6.33. The second-order valence-corrected chi connectivity index (χ2v) is 4.50. The van der Waals surface area contributed by atoms with Crippen molar-refractivity contribution >= 4 is 5.97 Å². The SMILES string of the molecule is CCOC(=O)c1cn(CC2(O)CCNCC2)nn1. The average molecular weight is 254 g/mol. The first-order valence-corrected chi connectivity index (χ1v) is 6.13. The molecule has 1 aliphatic heterocycles. The molecule has 0 atom stereocenters. The van der Waals surface area contributed by atoms with Gasteiger partial charge in [0.1, 0.15) is 0 Å². The van der Waals surface area contributed by atoms with Crippen LogP contribution in [0.25, 0.3) is 0 Å². The fourth-order valence-corrected chi connectivity index (χ4v) is 2.03. The van der Waals surface area contributed by atoms with E-state index in [0.717, 1.165) is 13.1 Å². The van der Waals surface area contributed by atoms with Crippen molar-refractivity contribution in [3.05, 3.63) is 11.9 Å². The van der Waals surface area contributed by atoms with E-state index in [2.05, 4.69) is 15.6 Å². The summed E-state index contributed by atoms with van der Waals surface area (Å²) in [5.74, 6) is -0.485. The summed E-state index contributed by atoms with van der Waals surface area (Å²) in [5.41, 5.74) is -0.598. The van der Waals surface area contributed by atoms with Crippen LogP contribution in [0.1, 0.15) is 30.3 Å². The maximum Gasteiger partial charge on any atom is 0.360 e. The molecule has 7 nitrogen and oxygen atoms in total. The maximum absolute atomic E-state index is 11.4. The number of rotatable bonds is 4. The third-order valence-electron chi connectivity index (χ3n) is 3.01. The van der Waals surface area contributed by atoms with Crippen molar-refractivity contribution < 1.29 is 14.6 Å². The topological polar surface area (TPSA) is 89.3 Å². The first-order valence-electron chi connectivity index (χ1n) is 6.13. The van der Waals surface area contributed by atoms with Crippen molar-refractivity contribution in [2.24, 2.45) is 0 Å². The Balaban J connectivity index is 1.99. The Bertz CT molecular complexity index is 412. The molecule has 0 radical (unpaired) electrons. The van der Waals surface area contributed by atoms with Gasteiger partial charge < -0.3 is 15.2 Å². The number of carbonyl (C=O) groups is 1. The number of aromatic nitrogens is 3. The maximum atomic E-state index is 11.4. The van der Waals surface area contributed by atoms with Gasteiger partial charge in [-0.3, -0.25) is 0 Å². The first-order chi connectivity index (χ1) is 8.63. The fourth-order valence-electron chi connectivity index (χ4n) is 2.03. The number of hydrogen-bond donors (Lipinski definition) is 2. The molecule has 1 aromatic heterocycles. The van der Waals surface area contributed by atoms with Gasteiger partial charge in [-0.05, 0) is 32.9 Å². The van der Waals surface area contributed by atoms with Crippen molar-refractivity contribution in [1.29, 1.82) is 0 Å². The number of carbonyl (C=O) groups excluding carboxylic acids is 1. The van der Waals surface area contributed by atoms with E-state index in [-0.39, 0.29) is 5.69 Å². The van der Waals surface area contributed by atoms with Gasteiger partial charge in [-0.15, -0.1) is 5.10 Å². The van der Waals surface area contributed by atoms with Crippen LogP contribution in [-0.2, 0) is 11.3 Å². The Morgan fingerprint density at radius 3 is 3.00 bits per heavy atom. The molecular formula is C11H18N4O3. The molecular weight excluding hydrogens is 236 g/mol. The summed E-state index contributed by atoms with van der Waals surface area (Å²) in [7, 11) is 0. The second-order valence-electron chi connectivity index (χ2n) is 4.50. The first kappa shape index (κ1) is 13.0. The van der Waals surface area contributed by atoms with Crippen LogP contribution >= 0.6 is 0 Å². The average Bonchev–Trinajstić information content (AvgIpc) is 2.78. The molecule has 1 aromatic rings. The normalized spacial score (nSPS) is 18.6. The smallest absolute Gasteiger partial charge is 0.360 e. The molecule has 7 heteroatoms. The predicted octanol–water partition coefficient (Wildman–Crippen LogP) is -0.431. The molecule has 0 amide bonds. The molecule has 100 valence electrons. The minimum Gasteiger partial charge on any atom is -0.461 e. The van der Waals surface area contributed by atoms with Gasteiger partial charge in [0.25, 0.3) is 0 Å². The highest BCUT2D eigenvalue weighted by atomic mass is 16.5. The predicted molar refractivity (Wildman–Crippen MR) is 63.0 cm³/mol. The largest absolute Gasteiger partial charge is 0.461 e. The van der Waals surface area contributed by atoms with Crippen LogP contribution in [0.5, 0.6) is 0 Å².